The van der Waals surface area contributed by atoms with Gasteiger partial charge in [-0.05, 0) is 39.7 Å². The van der Waals surface area contributed by atoms with Crippen LogP contribution in [0, 0.1) is 0 Å². The van der Waals surface area contributed by atoms with Crippen LogP contribution in [0.3, 0.4) is 0 Å². The number of rotatable bonds is 4. The van der Waals surface area contributed by atoms with Crippen LogP contribution in [-0.2, 0) is 10.0 Å². The maximum Gasteiger partial charge on any atom is 0.217 e. The monoisotopic (exact) mass is 275 g/mol. The van der Waals surface area contributed by atoms with Gasteiger partial charge in [0.2, 0.25) is 10.0 Å². The Morgan fingerprint density at radius 1 is 1.17 bits per heavy atom. The van der Waals surface area contributed by atoms with Crippen LogP contribution in [0.15, 0.2) is 0 Å². The van der Waals surface area contributed by atoms with Gasteiger partial charge in [-0.3, -0.25) is 0 Å². The maximum atomic E-state index is 12.2. The molecule has 1 aliphatic carbocycles. The molecule has 18 heavy (non-hydrogen) atoms. The van der Waals surface area contributed by atoms with E-state index in [9.17, 15) is 8.42 Å². The Morgan fingerprint density at radius 2 is 1.83 bits per heavy atom. The molecule has 0 aromatic rings. The van der Waals surface area contributed by atoms with Gasteiger partial charge in [-0.15, -0.1) is 0 Å². The molecule has 0 amide bonds. The molecule has 1 saturated heterocycles. The molecule has 0 atom stereocenters. The number of hydrogen-bond acceptors (Lipinski definition) is 4. The minimum absolute atomic E-state index is 0.0880. The van der Waals surface area contributed by atoms with E-state index in [0.29, 0.717) is 13.1 Å². The molecule has 0 bridgehead atoms. The van der Waals surface area contributed by atoms with E-state index in [0.717, 1.165) is 38.9 Å². The number of nitrogens with zero attached hydrogens (tertiary/aromatic N) is 2. The number of sulfonamides is 1. The van der Waals surface area contributed by atoms with Gasteiger partial charge in [0.25, 0.3) is 0 Å². The first-order valence-corrected chi connectivity index (χ1v) is 8.29. The van der Waals surface area contributed by atoms with Crippen LogP contribution in [0.5, 0.6) is 0 Å². The largest absolute Gasteiger partial charge is 0.324 e. The maximum absolute atomic E-state index is 12.2. The Morgan fingerprint density at radius 3 is 2.39 bits per heavy atom. The molecule has 6 heteroatoms. The summed E-state index contributed by atoms with van der Waals surface area (Å²) >= 11 is 0. The Bertz CT molecular complexity index is 385. The molecule has 2 N–H and O–H groups in total. The van der Waals surface area contributed by atoms with Crippen LogP contribution in [0.25, 0.3) is 0 Å². The highest BCUT2D eigenvalue weighted by atomic mass is 32.2. The normalized spacial score (nSPS) is 25.1. The van der Waals surface area contributed by atoms with Gasteiger partial charge in [0.15, 0.2) is 0 Å². The van der Waals surface area contributed by atoms with Crippen molar-refractivity contribution in [1.82, 2.24) is 9.21 Å². The van der Waals surface area contributed by atoms with Gasteiger partial charge in [0, 0.05) is 31.7 Å². The fraction of sp³-hybridized carbons (Fsp3) is 1.00. The standard InChI is InChI=1S/C12H25N3O2S/c1-12(2,13)10-14-6-3-7-15(9-8-14)18(16,17)11-4-5-11/h11H,3-10,13H2,1-2H3. The van der Waals surface area contributed by atoms with Crippen molar-refractivity contribution in [2.24, 2.45) is 5.73 Å². The second-order valence-electron chi connectivity index (χ2n) is 6.26. The molecule has 2 fully saturated rings. The van der Waals surface area contributed by atoms with Crippen molar-refractivity contribution in [3.63, 3.8) is 0 Å². The van der Waals surface area contributed by atoms with Crippen LogP contribution < -0.4 is 5.73 Å². The Balaban J connectivity index is 1.92. The average Bonchev–Trinajstić information content (AvgIpc) is 3.01. The summed E-state index contributed by atoms with van der Waals surface area (Å²) in [5.41, 5.74) is 5.80. The van der Waals surface area contributed by atoms with Crippen molar-refractivity contribution in [3.8, 4) is 0 Å². The first-order valence-electron chi connectivity index (χ1n) is 6.79. The van der Waals surface area contributed by atoms with E-state index in [-0.39, 0.29) is 10.8 Å². The van der Waals surface area contributed by atoms with Crippen LogP contribution in [0.4, 0.5) is 0 Å². The van der Waals surface area contributed by atoms with Crippen molar-refractivity contribution in [2.45, 2.75) is 43.9 Å². The van der Waals surface area contributed by atoms with E-state index >= 15 is 0 Å². The smallest absolute Gasteiger partial charge is 0.217 e. The van der Waals surface area contributed by atoms with Crippen molar-refractivity contribution in [2.75, 3.05) is 32.7 Å². The highest BCUT2D eigenvalue weighted by Gasteiger charge is 2.40. The molecule has 106 valence electrons. The quantitative estimate of drug-likeness (QED) is 0.797. The Kier molecular flexibility index (Phi) is 4.02. The minimum atomic E-state index is -3.00. The summed E-state index contributed by atoms with van der Waals surface area (Å²) in [7, 11) is -3.00. The van der Waals surface area contributed by atoms with E-state index in [1.54, 1.807) is 4.31 Å². The van der Waals surface area contributed by atoms with Gasteiger partial charge >= 0.3 is 0 Å². The third-order valence-electron chi connectivity index (χ3n) is 3.48. The molecular weight excluding hydrogens is 250 g/mol. The molecular formula is C12H25N3O2S. The van der Waals surface area contributed by atoms with E-state index < -0.39 is 10.0 Å². The third-order valence-corrected chi connectivity index (χ3v) is 5.88. The van der Waals surface area contributed by atoms with E-state index in [2.05, 4.69) is 4.90 Å². The zero-order valence-electron chi connectivity index (χ0n) is 11.4. The lowest BCUT2D eigenvalue weighted by Gasteiger charge is -2.28. The van der Waals surface area contributed by atoms with Gasteiger partial charge in [-0.2, -0.15) is 0 Å². The van der Waals surface area contributed by atoms with E-state index in [4.69, 9.17) is 5.73 Å². The van der Waals surface area contributed by atoms with Crippen molar-refractivity contribution in [3.05, 3.63) is 0 Å². The molecule has 0 aromatic heterocycles. The van der Waals surface area contributed by atoms with Crippen molar-refractivity contribution < 1.29 is 8.42 Å². The Hall–Kier alpha value is -0.170. The molecule has 0 spiro atoms. The first kappa shape index (κ1) is 14.2. The van der Waals surface area contributed by atoms with Crippen molar-refractivity contribution in [1.29, 1.82) is 0 Å². The number of hydrogen-bond donors (Lipinski definition) is 1. The molecule has 0 unspecified atom stereocenters. The lowest BCUT2D eigenvalue weighted by molar-refractivity contribution is 0.235. The van der Waals surface area contributed by atoms with Gasteiger partial charge in [0.1, 0.15) is 0 Å². The summed E-state index contributed by atoms with van der Waals surface area (Å²) in [6.07, 6.45) is 2.60. The fourth-order valence-corrected chi connectivity index (χ4v) is 4.39. The van der Waals surface area contributed by atoms with Gasteiger partial charge in [-0.1, -0.05) is 0 Å². The Labute approximate surface area is 110 Å². The fourth-order valence-electron chi connectivity index (χ4n) is 2.51. The van der Waals surface area contributed by atoms with Crippen LogP contribution in [0.1, 0.15) is 33.1 Å². The summed E-state index contributed by atoms with van der Waals surface area (Å²) in [6, 6.07) is 0. The van der Waals surface area contributed by atoms with Gasteiger partial charge < -0.3 is 10.6 Å². The zero-order valence-corrected chi connectivity index (χ0v) is 12.2. The molecule has 2 rings (SSSR count). The predicted molar refractivity (Wildman–Crippen MR) is 72.8 cm³/mol. The second-order valence-corrected chi connectivity index (χ2v) is 8.47. The molecule has 1 aliphatic heterocycles. The van der Waals surface area contributed by atoms with E-state index in [1.807, 2.05) is 13.8 Å². The highest BCUT2D eigenvalue weighted by Crippen LogP contribution is 2.31. The molecule has 2 aliphatic rings. The predicted octanol–water partition coefficient (Wildman–Crippen LogP) is 0.224. The third kappa shape index (κ3) is 3.66. The van der Waals surface area contributed by atoms with Crippen LogP contribution >= 0.6 is 0 Å². The summed E-state index contributed by atoms with van der Waals surface area (Å²) < 4.78 is 26.0. The first-order chi connectivity index (χ1) is 8.29. The molecule has 0 aromatic carbocycles. The summed E-state index contributed by atoms with van der Waals surface area (Å²) in [5.74, 6) is 0. The van der Waals surface area contributed by atoms with Gasteiger partial charge in [-0.25, -0.2) is 12.7 Å². The summed E-state index contributed by atoms with van der Waals surface area (Å²) in [4.78, 5) is 2.28. The highest BCUT2D eigenvalue weighted by molar-refractivity contribution is 7.90. The average molecular weight is 275 g/mol. The SMILES string of the molecule is CC(C)(N)CN1CCCN(S(=O)(=O)C2CC2)CC1. The van der Waals surface area contributed by atoms with E-state index in [1.165, 1.54) is 0 Å². The second kappa shape index (κ2) is 5.07. The molecule has 1 heterocycles. The minimum Gasteiger partial charge on any atom is -0.324 e. The molecule has 5 nitrogen and oxygen atoms in total. The van der Waals surface area contributed by atoms with Crippen LogP contribution in [0.2, 0.25) is 0 Å². The molecule has 1 saturated carbocycles. The van der Waals surface area contributed by atoms with Crippen molar-refractivity contribution >= 4 is 10.0 Å². The summed E-state index contributed by atoms with van der Waals surface area (Å²) in [5, 5.41) is -0.0880. The van der Waals surface area contributed by atoms with Crippen LogP contribution in [-0.4, -0.2) is 61.1 Å². The summed E-state index contributed by atoms with van der Waals surface area (Å²) in [6.45, 7) is 7.87. The lowest BCUT2D eigenvalue weighted by Crippen LogP contribution is -2.46. The topological polar surface area (TPSA) is 66.6 Å². The molecule has 0 radical (unpaired) electrons. The van der Waals surface area contributed by atoms with Gasteiger partial charge in [0.05, 0.1) is 5.25 Å². The number of nitrogens with two attached hydrogens (primary N) is 1. The zero-order chi connectivity index (χ0) is 13.4. The lowest BCUT2D eigenvalue weighted by atomic mass is 10.1.